The molecule has 0 aliphatic heterocycles. The maximum Gasteiger partial charge on any atom is 0.194 e. The van der Waals surface area contributed by atoms with Crippen LogP contribution in [0.25, 0.3) is 0 Å². The van der Waals surface area contributed by atoms with E-state index in [4.69, 9.17) is 5.73 Å². The van der Waals surface area contributed by atoms with Crippen molar-refractivity contribution in [3.05, 3.63) is 35.2 Å². The molecule has 2 aromatic rings. The zero-order valence-corrected chi connectivity index (χ0v) is 10.6. The number of nitrogens with two attached hydrogens (primary N) is 1. The molecule has 2 N–H and O–H groups in total. The monoisotopic (exact) mass is 268 g/mol. The van der Waals surface area contributed by atoms with Gasteiger partial charge in [-0.3, -0.25) is 0 Å². The Morgan fingerprint density at radius 2 is 1.61 bits per heavy atom. The van der Waals surface area contributed by atoms with Gasteiger partial charge in [-0.05, 0) is 31.7 Å². The summed E-state index contributed by atoms with van der Waals surface area (Å²) in [6.07, 6.45) is 0. The third kappa shape index (κ3) is 2.73. The number of nitrogens with zero attached hydrogens (tertiary/aromatic N) is 3. The molecule has 0 spiro atoms. The Labute approximate surface area is 107 Å². The van der Waals surface area contributed by atoms with Crippen molar-refractivity contribution in [1.29, 1.82) is 0 Å². The second kappa shape index (κ2) is 4.85. The lowest BCUT2D eigenvalue weighted by atomic mass is 10.4. The molecule has 0 aliphatic carbocycles. The SMILES string of the molecule is Cc1cc(C)nc(Sc2nc(N)c(F)cc2F)n1. The maximum absolute atomic E-state index is 13.5. The number of hydrogen-bond donors (Lipinski definition) is 1. The van der Waals surface area contributed by atoms with E-state index >= 15 is 0 Å². The van der Waals surface area contributed by atoms with Crippen LogP contribution in [0.2, 0.25) is 0 Å². The second-order valence-corrected chi connectivity index (χ2v) is 4.63. The van der Waals surface area contributed by atoms with E-state index in [2.05, 4.69) is 15.0 Å². The molecule has 0 amide bonds. The van der Waals surface area contributed by atoms with Crippen molar-refractivity contribution in [2.24, 2.45) is 0 Å². The highest BCUT2D eigenvalue weighted by molar-refractivity contribution is 7.99. The van der Waals surface area contributed by atoms with Gasteiger partial charge in [0.25, 0.3) is 0 Å². The molecule has 4 nitrogen and oxygen atoms in total. The molecule has 0 atom stereocenters. The van der Waals surface area contributed by atoms with Crippen LogP contribution >= 0.6 is 11.8 Å². The van der Waals surface area contributed by atoms with E-state index in [0.717, 1.165) is 23.1 Å². The smallest absolute Gasteiger partial charge is 0.194 e. The molecule has 7 heteroatoms. The quantitative estimate of drug-likeness (QED) is 0.848. The van der Waals surface area contributed by atoms with Crippen molar-refractivity contribution in [2.75, 3.05) is 5.73 Å². The lowest BCUT2D eigenvalue weighted by molar-refractivity contribution is 0.552. The second-order valence-electron chi connectivity index (χ2n) is 3.68. The highest BCUT2D eigenvalue weighted by atomic mass is 32.2. The number of aromatic nitrogens is 3. The van der Waals surface area contributed by atoms with E-state index < -0.39 is 11.6 Å². The van der Waals surface area contributed by atoms with Crippen LogP contribution in [0, 0.1) is 25.5 Å². The number of aryl methyl sites for hydroxylation is 2. The topological polar surface area (TPSA) is 64.7 Å². The van der Waals surface area contributed by atoms with Gasteiger partial charge in [0.15, 0.2) is 22.6 Å². The Morgan fingerprint density at radius 1 is 1.00 bits per heavy atom. The average Bonchev–Trinajstić information content (AvgIpc) is 2.24. The van der Waals surface area contributed by atoms with E-state index in [1.807, 2.05) is 13.8 Å². The third-order valence-corrected chi connectivity index (χ3v) is 2.92. The largest absolute Gasteiger partial charge is 0.381 e. The van der Waals surface area contributed by atoms with E-state index in [-0.39, 0.29) is 10.8 Å². The fourth-order valence-corrected chi connectivity index (χ4v) is 2.21. The summed E-state index contributed by atoms with van der Waals surface area (Å²) in [5.41, 5.74) is 6.82. The molecular weight excluding hydrogens is 258 g/mol. The third-order valence-electron chi connectivity index (χ3n) is 2.07. The molecule has 0 saturated carbocycles. The number of hydrogen-bond acceptors (Lipinski definition) is 5. The van der Waals surface area contributed by atoms with E-state index in [1.54, 1.807) is 6.07 Å². The minimum absolute atomic E-state index is 0.0427. The van der Waals surface area contributed by atoms with Crippen molar-refractivity contribution in [3.63, 3.8) is 0 Å². The Kier molecular flexibility index (Phi) is 3.42. The summed E-state index contributed by atoms with van der Waals surface area (Å²) in [6, 6.07) is 2.50. The average molecular weight is 268 g/mol. The van der Waals surface area contributed by atoms with E-state index in [1.165, 1.54) is 0 Å². The summed E-state index contributed by atoms with van der Waals surface area (Å²) in [7, 11) is 0. The van der Waals surface area contributed by atoms with Gasteiger partial charge in [0.2, 0.25) is 0 Å². The summed E-state index contributed by atoms with van der Waals surface area (Å²) < 4.78 is 26.4. The van der Waals surface area contributed by atoms with Crippen molar-refractivity contribution in [2.45, 2.75) is 24.0 Å². The van der Waals surface area contributed by atoms with Crippen molar-refractivity contribution in [1.82, 2.24) is 15.0 Å². The van der Waals surface area contributed by atoms with Crippen molar-refractivity contribution >= 4 is 17.6 Å². The number of anilines is 1. The zero-order valence-electron chi connectivity index (χ0n) is 9.74. The predicted octanol–water partition coefficient (Wildman–Crippen LogP) is 2.50. The lowest BCUT2D eigenvalue weighted by Gasteiger charge is -2.04. The van der Waals surface area contributed by atoms with Gasteiger partial charge in [-0.15, -0.1) is 0 Å². The number of pyridine rings is 1. The first-order valence-electron chi connectivity index (χ1n) is 5.07. The number of nitrogen functional groups attached to an aromatic ring is 1. The van der Waals surface area contributed by atoms with Crippen LogP contribution in [-0.4, -0.2) is 15.0 Å². The normalized spacial score (nSPS) is 10.7. The number of rotatable bonds is 2. The molecule has 94 valence electrons. The molecular formula is C11H10F2N4S. The molecule has 2 aromatic heterocycles. The Hall–Kier alpha value is -1.76. The Morgan fingerprint density at radius 3 is 2.22 bits per heavy atom. The van der Waals surface area contributed by atoms with Gasteiger partial charge in [0.1, 0.15) is 5.03 Å². The van der Waals surface area contributed by atoms with Crippen LogP contribution in [0.5, 0.6) is 0 Å². The van der Waals surface area contributed by atoms with Gasteiger partial charge in [-0.2, -0.15) is 0 Å². The first-order chi connectivity index (χ1) is 8.45. The Bertz CT molecular complexity index is 584. The van der Waals surface area contributed by atoms with Crippen molar-refractivity contribution in [3.8, 4) is 0 Å². The van der Waals surface area contributed by atoms with Crippen LogP contribution in [0.4, 0.5) is 14.6 Å². The summed E-state index contributed by atoms with van der Waals surface area (Å²) in [5.74, 6) is -2.00. The molecule has 0 bridgehead atoms. The molecule has 2 heterocycles. The fourth-order valence-electron chi connectivity index (χ4n) is 1.36. The van der Waals surface area contributed by atoms with Crippen LogP contribution in [0.15, 0.2) is 22.3 Å². The standard InChI is InChI=1S/C11H10F2N4S/c1-5-3-6(2)16-11(15-5)18-10-8(13)4-7(12)9(14)17-10/h3-4H,1-2H3,(H2,14,17). The van der Waals surface area contributed by atoms with E-state index in [9.17, 15) is 8.78 Å². The molecule has 0 unspecified atom stereocenters. The summed E-state index contributed by atoms with van der Waals surface area (Å²) >= 11 is 0.910. The van der Waals surface area contributed by atoms with Crippen LogP contribution in [-0.2, 0) is 0 Å². The Balaban J connectivity index is 2.36. The summed E-state index contributed by atoms with van der Waals surface area (Å²) in [5, 5.41) is 0.309. The van der Waals surface area contributed by atoms with Crippen LogP contribution < -0.4 is 5.73 Å². The molecule has 0 fully saturated rings. The van der Waals surface area contributed by atoms with Gasteiger partial charge >= 0.3 is 0 Å². The van der Waals surface area contributed by atoms with Gasteiger partial charge < -0.3 is 5.73 Å². The molecule has 2 rings (SSSR count). The van der Waals surface area contributed by atoms with Gasteiger partial charge in [-0.25, -0.2) is 23.7 Å². The van der Waals surface area contributed by atoms with E-state index in [0.29, 0.717) is 11.2 Å². The summed E-state index contributed by atoms with van der Waals surface area (Å²) in [4.78, 5) is 11.9. The fraction of sp³-hybridized carbons (Fsp3) is 0.182. The van der Waals surface area contributed by atoms with Gasteiger partial charge in [-0.1, -0.05) is 0 Å². The molecule has 18 heavy (non-hydrogen) atoms. The van der Waals surface area contributed by atoms with Crippen LogP contribution in [0.3, 0.4) is 0 Å². The maximum atomic E-state index is 13.5. The highest BCUT2D eigenvalue weighted by Gasteiger charge is 2.13. The predicted molar refractivity (Wildman–Crippen MR) is 64.2 cm³/mol. The minimum Gasteiger partial charge on any atom is -0.381 e. The first-order valence-corrected chi connectivity index (χ1v) is 5.89. The summed E-state index contributed by atoms with van der Waals surface area (Å²) in [6.45, 7) is 3.61. The molecule has 0 aliphatic rings. The lowest BCUT2D eigenvalue weighted by Crippen LogP contribution is -2.00. The first kappa shape index (κ1) is 12.7. The number of halogens is 2. The van der Waals surface area contributed by atoms with Crippen molar-refractivity contribution < 1.29 is 8.78 Å². The minimum atomic E-state index is -0.877. The molecule has 0 saturated heterocycles. The van der Waals surface area contributed by atoms with Gasteiger partial charge in [0, 0.05) is 17.5 Å². The molecule has 0 aromatic carbocycles. The van der Waals surface area contributed by atoms with Crippen LogP contribution in [0.1, 0.15) is 11.4 Å². The van der Waals surface area contributed by atoms with Gasteiger partial charge in [0.05, 0.1) is 0 Å². The zero-order chi connectivity index (χ0) is 13.3. The molecule has 0 radical (unpaired) electrons. The highest BCUT2D eigenvalue weighted by Crippen LogP contribution is 2.27.